The number of likely N-dealkylation sites (tertiary alicyclic amines) is 1. The number of hydrogen-bond acceptors (Lipinski definition) is 3. The molecule has 1 heterocycles. The molecule has 1 aliphatic heterocycles. The van der Waals surface area contributed by atoms with Gasteiger partial charge in [0.05, 0.1) is 5.60 Å². The molecule has 1 saturated heterocycles. The first-order chi connectivity index (χ1) is 7.01. The van der Waals surface area contributed by atoms with E-state index in [-0.39, 0.29) is 12.4 Å². The van der Waals surface area contributed by atoms with Crippen molar-refractivity contribution >= 4 is 12.4 Å². The summed E-state index contributed by atoms with van der Waals surface area (Å²) in [4.78, 5) is 2.38. The Hall–Kier alpha value is 0.170. The van der Waals surface area contributed by atoms with Gasteiger partial charge in [-0.3, -0.25) is 0 Å². The summed E-state index contributed by atoms with van der Waals surface area (Å²) in [6, 6.07) is 0. The predicted octanol–water partition coefficient (Wildman–Crippen LogP) is 1.50. The molecule has 0 aromatic rings. The van der Waals surface area contributed by atoms with Gasteiger partial charge < -0.3 is 15.3 Å². The van der Waals surface area contributed by atoms with Crippen molar-refractivity contribution in [2.45, 2.75) is 38.7 Å². The zero-order chi connectivity index (χ0) is 11.3. The number of β-amino-alcohol motifs (C(OH)–C–C–N with tert-alkyl or cyclic N) is 1. The lowest BCUT2D eigenvalue weighted by Crippen LogP contribution is -2.43. The summed E-state index contributed by atoms with van der Waals surface area (Å²) in [6.45, 7) is 8.03. The normalized spacial score (nSPS) is 19.5. The Morgan fingerprint density at radius 3 is 2.31 bits per heavy atom. The molecule has 0 radical (unpaired) electrons. The first-order valence-electron chi connectivity index (χ1n) is 6.10. The lowest BCUT2D eigenvalue weighted by Gasteiger charge is -2.35. The summed E-state index contributed by atoms with van der Waals surface area (Å²) in [5, 5.41) is 12.9. The molecule has 98 valence electrons. The van der Waals surface area contributed by atoms with E-state index in [1.807, 2.05) is 20.9 Å². The van der Waals surface area contributed by atoms with Gasteiger partial charge in [-0.25, -0.2) is 0 Å². The van der Waals surface area contributed by atoms with Gasteiger partial charge in [-0.2, -0.15) is 0 Å². The lowest BCUT2D eigenvalue weighted by atomic mass is 9.93. The van der Waals surface area contributed by atoms with Crippen LogP contribution in [-0.4, -0.2) is 48.8 Å². The number of halogens is 1. The highest BCUT2D eigenvalue weighted by Gasteiger charge is 2.23. The molecule has 0 bridgehead atoms. The van der Waals surface area contributed by atoms with Crippen LogP contribution in [0.4, 0.5) is 0 Å². The van der Waals surface area contributed by atoms with Gasteiger partial charge in [-0.1, -0.05) is 0 Å². The van der Waals surface area contributed by atoms with Crippen LogP contribution < -0.4 is 5.32 Å². The van der Waals surface area contributed by atoms with Gasteiger partial charge in [0.1, 0.15) is 0 Å². The third-order valence-electron chi connectivity index (χ3n) is 3.12. The van der Waals surface area contributed by atoms with Gasteiger partial charge in [0.15, 0.2) is 0 Å². The Labute approximate surface area is 106 Å². The first-order valence-corrected chi connectivity index (χ1v) is 6.10. The second kappa shape index (κ2) is 7.49. The minimum absolute atomic E-state index is 0. The van der Waals surface area contributed by atoms with Crippen molar-refractivity contribution in [1.29, 1.82) is 0 Å². The summed E-state index contributed by atoms with van der Waals surface area (Å²) in [5.41, 5.74) is -0.544. The Morgan fingerprint density at radius 2 is 1.88 bits per heavy atom. The zero-order valence-electron chi connectivity index (χ0n) is 10.8. The molecule has 0 saturated carbocycles. The highest BCUT2D eigenvalue weighted by Crippen LogP contribution is 2.21. The van der Waals surface area contributed by atoms with Gasteiger partial charge >= 0.3 is 0 Å². The predicted molar refractivity (Wildman–Crippen MR) is 71.3 cm³/mol. The summed E-state index contributed by atoms with van der Waals surface area (Å²) >= 11 is 0. The van der Waals surface area contributed by atoms with E-state index in [1.54, 1.807) is 0 Å². The van der Waals surface area contributed by atoms with Crippen molar-refractivity contribution in [2.24, 2.45) is 5.92 Å². The fraction of sp³-hybridized carbons (Fsp3) is 1.00. The van der Waals surface area contributed by atoms with E-state index < -0.39 is 5.60 Å². The largest absolute Gasteiger partial charge is 0.389 e. The van der Waals surface area contributed by atoms with Crippen molar-refractivity contribution < 1.29 is 5.11 Å². The van der Waals surface area contributed by atoms with Crippen molar-refractivity contribution in [3.8, 4) is 0 Å². The Morgan fingerprint density at radius 1 is 1.31 bits per heavy atom. The minimum Gasteiger partial charge on any atom is -0.389 e. The molecule has 1 aliphatic rings. The molecule has 4 heteroatoms. The molecule has 0 unspecified atom stereocenters. The van der Waals surface area contributed by atoms with Crippen LogP contribution in [0.5, 0.6) is 0 Å². The van der Waals surface area contributed by atoms with Crippen molar-refractivity contribution in [2.75, 3.05) is 33.2 Å². The maximum absolute atomic E-state index is 9.73. The smallest absolute Gasteiger partial charge is 0.0718 e. The Kier molecular flexibility index (Phi) is 7.57. The molecule has 1 rings (SSSR count). The molecule has 2 N–H and O–H groups in total. The average molecular weight is 251 g/mol. The van der Waals surface area contributed by atoms with Crippen LogP contribution in [0.3, 0.4) is 0 Å². The van der Waals surface area contributed by atoms with E-state index in [4.69, 9.17) is 0 Å². The Bertz CT molecular complexity index is 174. The molecule has 0 atom stereocenters. The van der Waals surface area contributed by atoms with Crippen LogP contribution >= 0.6 is 12.4 Å². The number of rotatable bonds is 5. The zero-order valence-corrected chi connectivity index (χ0v) is 11.6. The molecule has 16 heavy (non-hydrogen) atoms. The first kappa shape index (κ1) is 16.2. The maximum atomic E-state index is 9.73. The fourth-order valence-corrected chi connectivity index (χ4v) is 2.33. The molecular formula is C12H27ClN2O. The van der Waals surface area contributed by atoms with E-state index in [9.17, 15) is 5.11 Å². The topological polar surface area (TPSA) is 35.5 Å². The van der Waals surface area contributed by atoms with Crippen molar-refractivity contribution in [3.63, 3.8) is 0 Å². The number of piperidine rings is 1. The monoisotopic (exact) mass is 250 g/mol. The SMILES string of the molecule is CNCCC1CCN(CC(C)(C)O)CC1.Cl. The Balaban J connectivity index is 0.00000225. The van der Waals surface area contributed by atoms with Crippen LogP contribution in [0.15, 0.2) is 0 Å². The summed E-state index contributed by atoms with van der Waals surface area (Å²) < 4.78 is 0. The molecule has 3 nitrogen and oxygen atoms in total. The number of nitrogens with one attached hydrogen (secondary N) is 1. The van der Waals surface area contributed by atoms with E-state index in [2.05, 4.69) is 10.2 Å². The van der Waals surface area contributed by atoms with Crippen LogP contribution in [0.2, 0.25) is 0 Å². The minimum atomic E-state index is -0.544. The van der Waals surface area contributed by atoms with Crippen LogP contribution in [0.1, 0.15) is 33.1 Å². The van der Waals surface area contributed by atoms with Crippen LogP contribution in [0, 0.1) is 5.92 Å². The van der Waals surface area contributed by atoms with Crippen molar-refractivity contribution in [1.82, 2.24) is 10.2 Å². The van der Waals surface area contributed by atoms with Crippen LogP contribution in [0.25, 0.3) is 0 Å². The van der Waals surface area contributed by atoms with Crippen molar-refractivity contribution in [3.05, 3.63) is 0 Å². The second-order valence-electron chi connectivity index (χ2n) is 5.42. The molecule has 0 aromatic heterocycles. The standard InChI is InChI=1S/C12H26N2O.ClH/c1-12(2,15)10-14-8-5-11(6-9-14)4-7-13-3;/h11,13,15H,4-10H2,1-3H3;1H. The highest BCUT2D eigenvalue weighted by atomic mass is 35.5. The number of nitrogens with zero attached hydrogens (tertiary/aromatic N) is 1. The molecule has 1 fully saturated rings. The second-order valence-corrected chi connectivity index (χ2v) is 5.42. The van der Waals surface area contributed by atoms with Gasteiger partial charge in [-0.15, -0.1) is 12.4 Å². The molecule has 0 aromatic carbocycles. The van der Waals surface area contributed by atoms with E-state index in [1.165, 1.54) is 19.3 Å². The average Bonchev–Trinajstić information content (AvgIpc) is 2.14. The van der Waals surface area contributed by atoms with Gasteiger partial charge in [0.2, 0.25) is 0 Å². The third kappa shape index (κ3) is 6.69. The van der Waals surface area contributed by atoms with Gasteiger partial charge in [-0.05, 0) is 65.7 Å². The van der Waals surface area contributed by atoms with Gasteiger partial charge in [0, 0.05) is 6.54 Å². The number of hydrogen-bond donors (Lipinski definition) is 2. The molecule has 0 aliphatic carbocycles. The molecule has 0 spiro atoms. The maximum Gasteiger partial charge on any atom is 0.0718 e. The number of aliphatic hydroxyl groups is 1. The summed E-state index contributed by atoms with van der Waals surface area (Å²) in [7, 11) is 2.02. The van der Waals surface area contributed by atoms with E-state index in [0.29, 0.717) is 0 Å². The van der Waals surface area contributed by atoms with Crippen LogP contribution in [-0.2, 0) is 0 Å². The quantitative estimate of drug-likeness (QED) is 0.777. The lowest BCUT2D eigenvalue weighted by molar-refractivity contribution is 0.0240. The third-order valence-corrected chi connectivity index (χ3v) is 3.12. The van der Waals surface area contributed by atoms with Gasteiger partial charge in [0.25, 0.3) is 0 Å². The van der Waals surface area contributed by atoms with E-state index in [0.717, 1.165) is 32.1 Å². The fourth-order valence-electron chi connectivity index (χ4n) is 2.33. The molecule has 0 amide bonds. The summed E-state index contributed by atoms with van der Waals surface area (Å²) in [5.74, 6) is 0.885. The summed E-state index contributed by atoms with van der Waals surface area (Å²) in [6.07, 6.45) is 3.88. The van der Waals surface area contributed by atoms with E-state index >= 15 is 0 Å². The highest BCUT2D eigenvalue weighted by molar-refractivity contribution is 5.85. The molecular weight excluding hydrogens is 224 g/mol.